The molecule has 1 N–H and O–H groups in total. The van der Waals surface area contributed by atoms with E-state index in [-0.39, 0.29) is 35.4 Å². The molecule has 0 aromatic heterocycles. The second-order valence-electron chi connectivity index (χ2n) is 19.4. The fraction of sp³-hybridized carbons (Fsp3) is 0.333. The third kappa shape index (κ3) is 6.07. The Balaban J connectivity index is 1.08. The highest BCUT2D eigenvalue weighted by atomic mass is 16.5. The molecule has 10 rings (SSSR count). The van der Waals surface area contributed by atoms with Crippen LogP contribution in [0.5, 0.6) is 11.5 Å². The van der Waals surface area contributed by atoms with E-state index < -0.39 is 0 Å². The minimum atomic E-state index is -0.270. The summed E-state index contributed by atoms with van der Waals surface area (Å²) in [5.74, 6) is 3.59. The van der Waals surface area contributed by atoms with E-state index in [2.05, 4.69) is 199 Å². The standard InChI is InChI=1S/C51H54B2N3O2/c1-31-18-17-23-37-47(31)56(36-21-13-10-14-22-36)41-27-33(50(3,4)5)29-43(45(41)52-37)57-48-32(2)26-39-49(54-48)58-44-30-34(51(6,7)8)28-42-46(44)53(39)38-24-15-16-25-40(38)55(42)35-19-11-9-12-20-35/h9-17,19-25,27-31,37,39,47,49,54H,18,26H2,1-8H3. The van der Waals surface area contributed by atoms with Gasteiger partial charge in [-0.05, 0) is 130 Å². The van der Waals surface area contributed by atoms with Crippen molar-refractivity contribution in [1.29, 1.82) is 0 Å². The van der Waals surface area contributed by atoms with Crippen molar-refractivity contribution in [2.24, 2.45) is 5.92 Å². The van der Waals surface area contributed by atoms with Gasteiger partial charge < -0.3 is 24.6 Å². The van der Waals surface area contributed by atoms with Gasteiger partial charge >= 0.3 is 0 Å². The number of ether oxygens (including phenoxy) is 2. The van der Waals surface area contributed by atoms with Gasteiger partial charge in [-0.1, -0.05) is 115 Å². The van der Waals surface area contributed by atoms with Gasteiger partial charge in [0.25, 0.3) is 0 Å². The number of para-hydroxylation sites is 3. The summed E-state index contributed by atoms with van der Waals surface area (Å²) >= 11 is 0. The lowest BCUT2D eigenvalue weighted by molar-refractivity contribution is 0.131. The summed E-state index contributed by atoms with van der Waals surface area (Å²) in [7, 11) is 2.47. The Morgan fingerprint density at radius 2 is 1.43 bits per heavy atom. The summed E-state index contributed by atoms with van der Waals surface area (Å²) in [6.45, 7) is 18.6. The normalized spacial score (nSPS) is 23.0. The first-order valence-corrected chi connectivity index (χ1v) is 21.3. The van der Waals surface area contributed by atoms with Crippen molar-refractivity contribution < 1.29 is 9.47 Å². The average Bonchev–Trinajstić information content (AvgIpc) is 3.20. The van der Waals surface area contributed by atoms with Gasteiger partial charge in [-0.3, -0.25) is 0 Å². The Hall–Kier alpha value is -5.29. The van der Waals surface area contributed by atoms with Crippen molar-refractivity contribution in [2.75, 3.05) is 9.80 Å². The van der Waals surface area contributed by atoms with E-state index in [0.29, 0.717) is 12.0 Å². The van der Waals surface area contributed by atoms with Crippen LogP contribution < -0.4 is 41.0 Å². The van der Waals surface area contributed by atoms with E-state index in [9.17, 15) is 0 Å². The molecule has 0 saturated heterocycles. The molecular formula is C51H54B2N3O2. The fourth-order valence-electron chi connectivity index (χ4n) is 10.3. The van der Waals surface area contributed by atoms with Crippen molar-refractivity contribution in [3.05, 3.63) is 144 Å². The Morgan fingerprint density at radius 1 is 0.776 bits per heavy atom. The van der Waals surface area contributed by atoms with Gasteiger partial charge in [-0.2, -0.15) is 0 Å². The van der Waals surface area contributed by atoms with Gasteiger partial charge in [-0.15, -0.1) is 0 Å². The minimum Gasteiger partial charge on any atom is -0.472 e. The van der Waals surface area contributed by atoms with Crippen molar-refractivity contribution >= 4 is 58.8 Å². The van der Waals surface area contributed by atoms with Crippen LogP contribution in [0.15, 0.2) is 133 Å². The van der Waals surface area contributed by atoms with Crippen LogP contribution in [-0.2, 0) is 10.8 Å². The van der Waals surface area contributed by atoms with Gasteiger partial charge in [0, 0.05) is 40.3 Å². The zero-order valence-corrected chi connectivity index (χ0v) is 35.2. The summed E-state index contributed by atoms with van der Waals surface area (Å²) in [6, 6.07) is 40.5. The smallest absolute Gasteiger partial charge is 0.228 e. The highest BCUT2D eigenvalue weighted by molar-refractivity contribution is 6.90. The summed E-state index contributed by atoms with van der Waals surface area (Å²) < 4.78 is 14.5. The molecule has 0 saturated carbocycles. The molecule has 7 heteroatoms. The van der Waals surface area contributed by atoms with Crippen LogP contribution in [0.25, 0.3) is 0 Å². The van der Waals surface area contributed by atoms with E-state index in [1.807, 2.05) is 0 Å². The van der Waals surface area contributed by atoms with E-state index in [1.165, 1.54) is 50.4 Å². The maximum absolute atomic E-state index is 7.26. The molecule has 1 aliphatic carbocycles. The summed E-state index contributed by atoms with van der Waals surface area (Å²) in [5, 5.41) is 3.89. The molecule has 5 aromatic carbocycles. The molecule has 5 aromatic rings. The number of hydrogen-bond donors (Lipinski definition) is 1. The molecule has 1 radical (unpaired) electrons. The van der Waals surface area contributed by atoms with Gasteiger partial charge in [-0.25, -0.2) is 0 Å². The molecule has 0 spiro atoms. The molecule has 5 unspecified atom stereocenters. The number of allylic oxidation sites excluding steroid dienone is 2. The van der Waals surface area contributed by atoms with E-state index in [1.54, 1.807) is 0 Å². The molecule has 5 aliphatic rings. The third-order valence-electron chi connectivity index (χ3n) is 13.3. The maximum atomic E-state index is 7.26. The lowest BCUT2D eigenvalue weighted by Gasteiger charge is -2.48. The predicted octanol–water partition coefficient (Wildman–Crippen LogP) is 10.3. The molecule has 58 heavy (non-hydrogen) atoms. The van der Waals surface area contributed by atoms with Gasteiger partial charge in [0.15, 0.2) is 19.4 Å². The summed E-state index contributed by atoms with van der Waals surface area (Å²) in [4.78, 5) is 5.05. The predicted molar refractivity (Wildman–Crippen MR) is 244 cm³/mol. The lowest BCUT2D eigenvalue weighted by Crippen LogP contribution is -2.63. The van der Waals surface area contributed by atoms with Crippen LogP contribution in [0.4, 0.5) is 28.4 Å². The monoisotopic (exact) mass is 762 g/mol. The van der Waals surface area contributed by atoms with Gasteiger partial charge in [0.2, 0.25) is 6.71 Å². The zero-order chi connectivity index (χ0) is 40.1. The van der Waals surface area contributed by atoms with Crippen LogP contribution >= 0.6 is 0 Å². The first kappa shape index (κ1) is 37.0. The van der Waals surface area contributed by atoms with E-state index >= 15 is 0 Å². The molecule has 5 atom stereocenters. The molecular weight excluding hydrogens is 708 g/mol. The molecule has 291 valence electrons. The van der Waals surface area contributed by atoms with Crippen LogP contribution in [0.3, 0.4) is 0 Å². The molecule has 0 fully saturated rings. The SMILES string of the molecule is CC1=C(Oc2cc(C(C)(C)C)cc3c2[B]C2C=CCC(C)C2N3c2ccccc2)NC2Oc3cc(C(C)(C)C)cc4c3B(c3ccccc3N4c3ccccc3)C2C1. The Bertz CT molecular complexity index is 2470. The molecule has 0 bridgehead atoms. The van der Waals surface area contributed by atoms with Crippen LogP contribution in [0.1, 0.15) is 79.4 Å². The maximum Gasteiger partial charge on any atom is 0.228 e. The zero-order valence-electron chi connectivity index (χ0n) is 35.2. The number of nitrogens with zero attached hydrogens (tertiary/aromatic N) is 2. The second kappa shape index (κ2) is 13.6. The summed E-state index contributed by atoms with van der Waals surface area (Å²) in [5.41, 5.74) is 13.4. The van der Waals surface area contributed by atoms with Crippen molar-refractivity contribution in [1.82, 2.24) is 5.32 Å². The molecule has 0 amide bonds. The van der Waals surface area contributed by atoms with Crippen molar-refractivity contribution in [3.8, 4) is 11.5 Å². The Morgan fingerprint density at radius 3 is 2.16 bits per heavy atom. The first-order chi connectivity index (χ1) is 27.8. The number of benzene rings is 5. The fourth-order valence-corrected chi connectivity index (χ4v) is 10.3. The first-order valence-electron chi connectivity index (χ1n) is 21.3. The third-order valence-corrected chi connectivity index (χ3v) is 13.3. The van der Waals surface area contributed by atoms with Gasteiger partial charge in [0.05, 0.1) is 0 Å². The largest absolute Gasteiger partial charge is 0.472 e. The molecule has 4 aliphatic heterocycles. The van der Waals surface area contributed by atoms with Crippen LogP contribution in [-0.4, -0.2) is 26.3 Å². The molecule has 4 heterocycles. The lowest BCUT2D eigenvalue weighted by atomic mass is 9.30. The average molecular weight is 763 g/mol. The second-order valence-corrected chi connectivity index (χ2v) is 19.4. The quantitative estimate of drug-likeness (QED) is 0.146. The minimum absolute atomic E-state index is 0.0725. The van der Waals surface area contributed by atoms with Crippen LogP contribution in [0.2, 0.25) is 11.6 Å². The number of nitrogens with one attached hydrogen (secondary N) is 1. The number of hydrogen-bond acceptors (Lipinski definition) is 5. The summed E-state index contributed by atoms with van der Waals surface area (Å²) in [6.07, 6.45) is 6.43. The van der Waals surface area contributed by atoms with Gasteiger partial charge in [0.1, 0.15) is 11.5 Å². The van der Waals surface area contributed by atoms with Crippen molar-refractivity contribution in [3.63, 3.8) is 0 Å². The highest BCUT2D eigenvalue weighted by Crippen LogP contribution is 2.48. The molecule has 5 nitrogen and oxygen atoms in total. The Kier molecular flexibility index (Phi) is 8.71. The van der Waals surface area contributed by atoms with E-state index in [4.69, 9.17) is 9.47 Å². The van der Waals surface area contributed by atoms with Crippen LogP contribution in [0, 0.1) is 5.92 Å². The number of anilines is 5. The highest BCUT2D eigenvalue weighted by Gasteiger charge is 2.50. The van der Waals surface area contributed by atoms with E-state index in [0.717, 1.165) is 41.4 Å². The topological polar surface area (TPSA) is 37.0 Å². The van der Waals surface area contributed by atoms with Crippen molar-refractivity contribution in [2.45, 2.75) is 103 Å². The number of fused-ring (bicyclic) bond motifs is 6. The number of rotatable bonds is 4. The Labute approximate surface area is 346 Å².